The summed E-state index contributed by atoms with van der Waals surface area (Å²) >= 11 is 6.15. The lowest BCUT2D eigenvalue weighted by Gasteiger charge is -2.62. The van der Waals surface area contributed by atoms with Crippen LogP contribution in [0.2, 0.25) is 5.02 Å². The van der Waals surface area contributed by atoms with E-state index in [0.717, 1.165) is 32.0 Å². The van der Waals surface area contributed by atoms with E-state index >= 15 is 0 Å². The molecule has 2 fully saturated rings. The molecule has 0 unspecified atom stereocenters. The first-order valence-corrected chi connectivity index (χ1v) is 12.3. The van der Waals surface area contributed by atoms with Crippen molar-refractivity contribution >= 4 is 29.4 Å². The third kappa shape index (κ3) is 4.97. The van der Waals surface area contributed by atoms with Crippen LogP contribution in [0.4, 0.5) is 10.6 Å². The minimum absolute atomic E-state index is 0.239. The molecule has 4 rings (SSSR count). The van der Waals surface area contributed by atoms with E-state index in [-0.39, 0.29) is 12.1 Å². The minimum Gasteiger partial charge on any atom is -0.489 e. The molecule has 1 aromatic heterocycles. The highest BCUT2D eigenvalue weighted by molar-refractivity contribution is 6.31. The van der Waals surface area contributed by atoms with Crippen LogP contribution in [0.15, 0.2) is 36.5 Å². The minimum atomic E-state index is -0.572. The number of aromatic nitrogens is 1. The molecule has 1 saturated carbocycles. The average Bonchev–Trinajstić information content (AvgIpc) is 2.86. The summed E-state index contributed by atoms with van der Waals surface area (Å²) in [5.41, 5.74) is -0.172. The maximum Gasteiger partial charge on any atom is 0.321 e. The number of anilines is 1. The zero-order valence-electron chi connectivity index (χ0n) is 20.9. The Morgan fingerprint density at radius 2 is 1.86 bits per heavy atom. The smallest absolute Gasteiger partial charge is 0.321 e. The highest BCUT2D eigenvalue weighted by atomic mass is 35.5. The molecule has 1 saturated heterocycles. The van der Waals surface area contributed by atoms with Crippen LogP contribution in [0.3, 0.4) is 0 Å². The number of pyridine rings is 1. The number of nitrogens with one attached hydrogen (secondary N) is 3. The molecule has 0 radical (unpaired) electrons. The van der Waals surface area contributed by atoms with E-state index in [9.17, 15) is 9.59 Å². The molecular weight excluding hydrogens is 480 g/mol. The van der Waals surface area contributed by atoms with Crippen molar-refractivity contribution in [2.75, 3.05) is 31.1 Å². The van der Waals surface area contributed by atoms with Crippen LogP contribution in [0.25, 0.3) is 0 Å². The molecule has 0 spiro atoms. The largest absolute Gasteiger partial charge is 0.489 e. The fraction of sp³-hybridized carbons (Fsp3) is 0.462. The molecule has 3 amide bonds. The van der Waals surface area contributed by atoms with Crippen LogP contribution >= 0.6 is 11.6 Å². The van der Waals surface area contributed by atoms with Crippen molar-refractivity contribution in [3.63, 3.8) is 0 Å². The summed E-state index contributed by atoms with van der Waals surface area (Å²) in [6.45, 7) is 11.5. The molecule has 10 heteroatoms. The molecule has 3 N–H and O–H groups in total. The molecule has 2 aromatic rings. The summed E-state index contributed by atoms with van der Waals surface area (Å²) in [5.74, 6) is 0.854. The van der Waals surface area contributed by atoms with E-state index in [1.165, 1.54) is 6.20 Å². The van der Waals surface area contributed by atoms with E-state index < -0.39 is 22.8 Å². The summed E-state index contributed by atoms with van der Waals surface area (Å²) in [6, 6.07) is 9.64. The lowest BCUT2D eigenvalue weighted by molar-refractivity contribution is -0.163. The van der Waals surface area contributed by atoms with Gasteiger partial charge in [-0.25, -0.2) is 9.78 Å². The van der Waals surface area contributed by atoms with Gasteiger partial charge in [0.15, 0.2) is 0 Å². The van der Waals surface area contributed by atoms with Crippen molar-refractivity contribution in [2.45, 2.75) is 39.8 Å². The first kappa shape index (κ1) is 25.7. The molecule has 1 aliphatic carbocycles. The molecule has 190 valence electrons. The van der Waals surface area contributed by atoms with Gasteiger partial charge in [0.1, 0.15) is 23.7 Å². The quantitative estimate of drug-likeness (QED) is 0.564. The lowest BCUT2D eigenvalue weighted by Crippen LogP contribution is -2.75. The number of piperazine rings is 1. The van der Waals surface area contributed by atoms with Gasteiger partial charge in [-0.3, -0.25) is 10.1 Å². The van der Waals surface area contributed by atoms with Gasteiger partial charge in [-0.1, -0.05) is 39.3 Å². The predicted molar refractivity (Wildman–Crippen MR) is 137 cm³/mol. The van der Waals surface area contributed by atoms with Crippen molar-refractivity contribution in [1.82, 2.24) is 20.9 Å². The molecule has 1 aromatic carbocycles. The second-order valence-corrected chi connectivity index (χ2v) is 10.8. The third-order valence-electron chi connectivity index (χ3n) is 7.11. The van der Waals surface area contributed by atoms with Gasteiger partial charge in [-0.05, 0) is 24.3 Å². The number of benzene rings is 1. The SMILES string of the molecule is CC1(C)[C@H](NC(=O)NC(=O)c2ccc(N3CCNCC3)nc2)C(C)(C)[C@H]1Oc1ccc(C#N)c(Cl)c1. The Balaban J connectivity index is 1.36. The highest BCUT2D eigenvalue weighted by Gasteiger charge is 2.64. The standard InChI is InChI=1S/C26H31ClN6O3/c1-25(2)22(26(3,4)23(25)36-18-7-5-16(14-28)19(27)13-18)32-24(35)31-21(34)17-6-8-20(30-15-17)33-11-9-29-10-12-33/h5-8,13,15,22-23,29H,9-12H2,1-4H3,(H2,31,32,34,35)/t22-,23-. The molecule has 36 heavy (non-hydrogen) atoms. The van der Waals surface area contributed by atoms with Gasteiger partial charge in [0.2, 0.25) is 0 Å². The Labute approximate surface area is 216 Å². The van der Waals surface area contributed by atoms with Gasteiger partial charge < -0.3 is 20.3 Å². The third-order valence-corrected chi connectivity index (χ3v) is 7.42. The number of rotatable bonds is 5. The number of ether oxygens (including phenoxy) is 1. The van der Waals surface area contributed by atoms with Crippen LogP contribution in [-0.2, 0) is 0 Å². The number of urea groups is 1. The summed E-state index contributed by atoms with van der Waals surface area (Å²) in [7, 11) is 0. The molecule has 1 aliphatic heterocycles. The highest BCUT2D eigenvalue weighted by Crippen LogP contribution is 2.55. The Hall–Kier alpha value is -3.35. The Morgan fingerprint density at radius 3 is 2.44 bits per heavy atom. The summed E-state index contributed by atoms with van der Waals surface area (Å²) < 4.78 is 6.24. The summed E-state index contributed by atoms with van der Waals surface area (Å²) in [4.78, 5) is 31.9. The predicted octanol–water partition coefficient (Wildman–Crippen LogP) is 3.34. The zero-order chi connectivity index (χ0) is 26.1. The number of hydrogen-bond acceptors (Lipinski definition) is 7. The lowest BCUT2D eigenvalue weighted by atomic mass is 9.49. The number of carbonyl (C=O) groups excluding carboxylic acids is 2. The maximum absolute atomic E-state index is 12.7. The van der Waals surface area contributed by atoms with E-state index in [0.29, 0.717) is 21.9 Å². The first-order valence-electron chi connectivity index (χ1n) is 11.9. The molecule has 2 heterocycles. The Morgan fingerprint density at radius 1 is 1.17 bits per heavy atom. The second-order valence-electron chi connectivity index (χ2n) is 10.4. The van der Waals surface area contributed by atoms with Crippen LogP contribution in [0.5, 0.6) is 5.75 Å². The van der Waals surface area contributed by atoms with Crippen LogP contribution in [-0.4, -0.2) is 55.2 Å². The van der Waals surface area contributed by atoms with E-state index in [1.54, 1.807) is 30.3 Å². The van der Waals surface area contributed by atoms with Gasteiger partial charge in [-0.15, -0.1) is 0 Å². The molecule has 0 bridgehead atoms. The van der Waals surface area contributed by atoms with Gasteiger partial charge in [-0.2, -0.15) is 5.26 Å². The topological polar surface area (TPSA) is 119 Å². The summed E-state index contributed by atoms with van der Waals surface area (Å²) in [5, 5.41) is 18.1. The van der Waals surface area contributed by atoms with Gasteiger partial charge in [0.25, 0.3) is 5.91 Å². The first-order chi connectivity index (χ1) is 17.0. The Kier molecular flexibility index (Phi) is 7.12. The molecular formula is C26H31ClN6O3. The zero-order valence-corrected chi connectivity index (χ0v) is 21.6. The van der Waals surface area contributed by atoms with E-state index in [2.05, 4.69) is 25.8 Å². The van der Waals surface area contributed by atoms with Gasteiger partial charge in [0, 0.05) is 55.3 Å². The molecule has 0 atom stereocenters. The van der Waals surface area contributed by atoms with Crippen LogP contribution < -0.4 is 25.6 Å². The van der Waals surface area contributed by atoms with Gasteiger partial charge >= 0.3 is 6.03 Å². The van der Waals surface area contributed by atoms with Crippen molar-refractivity contribution < 1.29 is 14.3 Å². The number of imide groups is 1. The molecule has 2 aliphatic rings. The average molecular weight is 511 g/mol. The van der Waals surface area contributed by atoms with E-state index in [4.69, 9.17) is 21.6 Å². The monoisotopic (exact) mass is 510 g/mol. The maximum atomic E-state index is 12.7. The van der Waals surface area contributed by atoms with Crippen LogP contribution in [0, 0.1) is 22.2 Å². The van der Waals surface area contributed by atoms with Crippen molar-refractivity contribution in [3.8, 4) is 11.8 Å². The number of halogens is 1. The molecule has 9 nitrogen and oxygen atoms in total. The fourth-order valence-electron chi connectivity index (χ4n) is 5.54. The second kappa shape index (κ2) is 9.96. The van der Waals surface area contributed by atoms with Gasteiger partial charge in [0.05, 0.1) is 16.1 Å². The number of amides is 3. The number of hydrogen-bond donors (Lipinski definition) is 3. The summed E-state index contributed by atoms with van der Waals surface area (Å²) in [6.07, 6.45) is 1.25. The number of nitriles is 1. The van der Waals surface area contributed by atoms with Crippen molar-refractivity contribution in [2.24, 2.45) is 10.8 Å². The van der Waals surface area contributed by atoms with E-state index in [1.807, 2.05) is 33.8 Å². The number of nitrogens with zero attached hydrogens (tertiary/aromatic N) is 3. The van der Waals surface area contributed by atoms with Crippen LogP contribution in [0.1, 0.15) is 43.6 Å². The normalized spacial score (nSPS) is 22.1. The Bertz CT molecular complexity index is 1170. The number of carbonyl (C=O) groups is 2. The van der Waals surface area contributed by atoms with Crippen molar-refractivity contribution in [1.29, 1.82) is 5.26 Å². The fourth-order valence-corrected chi connectivity index (χ4v) is 5.75. The van der Waals surface area contributed by atoms with Crippen molar-refractivity contribution in [3.05, 3.63) is 52.7 Å².